The molecular weight excluding hydrogens is 226 g/mol. The number of ether oxygens (including phenoxy) is 1. The maximum atomic E-state index is 12.1. The van der Waals surface area contributed by atoms with Crippen molar-refractivity contribution in [1.29, 1.82) is 0 Å². The van der Waals surface area contributed by atoms with Gasteiger partial charge in [-0.2, -0.15) is 0 Å². The van der Waals surface area contributed by atoms with Gasteiger partial charge in [-0.05, 0) is 26.2 Å². The van der Waals surface area contributed by atoms with Crippen LogP contribution in [0.15, 0.2) is 12.3 Å². The van der Waals surface area contributed by atoms with E-state index in [0.717, 1.165) is 19.3 Å². The second-order valence-corrected chi connectivity index (χ2v) is 5.74. The fraction of sp³-hybridized carbons (Fsp3) is 0.800. The van der Waals surface area contributed by atoms with E-state index in [4.69, 9.17) is 10.5 Å². The van der Waals surface area contributed by atoms with Crippen LogP contribution in [0.1, 0.15) is 53.9 Å². The van der Waals surface area contributed by atoms with Gasteiger partial charge >= 0.3 is 0 Å². The number of hydrogen-bond acceptors (Lipinski definition) is 3. The summed E-state index contributed by atoms with van der Waals surface area (Å²) < 4.78 is 5.39. The van der Waals surface area contributed by atoms with E-state index in [2.05, 4.69) is 20.4 Å². The second kappa shape index (κ2) is 8.30. The van der Waals surface area contributed by atoms with Gasteiger partial charge in [0.15, 0.2) is 5.78 Å². The highest BCUT2D eigenvalue weighted by molar-refractivity contribution is 5.88. The zero-order valence-corrected chi connectivity index (χ0v) is 12.5. The molecule has 0 radical (unpaired) electrons. The molecule has 0 fully saturated rings. The first-order chi connectivity index (χ1) is 8.25. The average Bonchev–Trinajstić information content (AvgIpc) is 2.25. The summed E-state index contributed by atoms with van der Waals surface area (Å²) in [5.41, 5.74) is 5.87. The molecule has 0 heterocycles. The van der Waals surface area contributed by atoms with Gasteiger partial charge in [0.05, 0.1) is 6.10 Å². The Balaban J connectivity index is 4.15. The predicted octanol–water partition coefficient (Wildman–Crippen LogP) is 3.28. The van der Waals surface area contributed by atoms with Crippen LogP contribution in [0, 0.1) is 11.8 Å². The molecule has 18 heavy (non-hydrogen) atoms. The Labute approximate surface area is 112 Å². The first kappa shape index (κ1) is 17.2. The van der Waals surface area contributed by atoms with Gasteiger partial charge in [0.25, 0.3) is 0 Å². The number of rotatable bonds is 9. The third-order valence-electron chi connectivity index (χ3n) is 2.94. The zero-order chi connectivity index (χ0) is 14.3. The van der Waals surface area contributed by atoms with Crippen molar-refractivity contribution in [3.63, 3.8) is 0 Å². The van der Waals surface area contributed by atoms with Gasteiger partial charge in [-0.3, -0.25) is 4.79 Å². The molecule has 0 rings (SSSR count). The van der Waals surface area contributed by atoms with Gasteiger partial charge in [-0.1, -0.05) is 40.2 Å². The lowest BCUT2D eigenvalue weighted by Gasteiger charge is -2.20. The molecule has 0 spiro atoms. The molecule has 0 aliphatic rings. The van der Waals surface area contributed by atoms with Crippen LogP contribution in [0.2, 0.25) is 0 Å². The van der Waals surface area contributed by atoms with Crippen molar-refractivity contribution in [2.45, 2.75) is 66.0 Å². The zero-order valence-electron chi connectivity index (χ0n) is 12.5. The molecule has 0 aromatic carbocycles. The molecule has 3 heteroatoms. The van der Waals surface area contributed by atoms with Crippen LogP contribution in [-0.2, 0) is 9.53 Å². The van der Waals surface area contributed by atoms with Crippen molar-refractivity contribution < 1.29 is 9.53 Å². The van der Waals surface area contributed by atoms with E-state index in [9.17, 15) is 4.79 Å². The van der Waals surface area contributed by atoms with Crippen LogP contribution >= 0.6 is 0 Å². The second-order valence-electron chi connectivity index (χ2n) is 5.74. The molecule has 106 valence electrons. The minimum absolute atomic E-state index is 0.00703. The standard InChI is InChI=1S/C15H29NO2/c1-10(2)8-7-9-12(5)15(17)14(16)13(6)18-11(3)4/h10-12,14H,6-9,16H2,1-5H3/t12?,14-/m0/s1. The maximum Gasteiger partial charge on any atom is 0.160 e. The minimum Gasteiger partial charge on any atom is -0.494 e. The first-order valence-electron chi connectivity index (χ1n) is 6.90. The highest BCUT2D eigenvalue weighted by Gasteiger charge is 2.24. The summed E-state index contributed by atoms with van der Waals surface area (Å²) in [5.74, 6) is 1.07. The lowest BCUT2D eigenvalue weighted by Crippen LogP contribution is -2.37. The summed E-state index contributed by atoms with van der Waals surface area (Å²) in [6, 6.07) is -0.693. The minimum atomic E-state index is -0.693. The molecule has 0 saturated carbocycles. The maximum absolute atomic E-state index is 12.1. The van der Waals surface area contributed by atoms with E-state index in [1.54, 1.807) is 0 Å². The number of Topliss-reactive ketones (excluding diaryl/α,β-unsaturated/α-hetero) is 1. The quantitative estimate of drug-likeness (QED) is 0.643. The Bertz CT molecular complexity index is 272. The molecule has 0 bridgehead atoms. The van der Waals surface area contributed by atoms with Gasteiger partial charge in [0.2, 0.25) is 0 Å². The number of hydrogen-bond donors (Lipinski definition) is 1. The normalized spacial score (nSPS) is 14.7. The number of ketones is 1. The topological polar surface area (TPSA) is 52.3 Å². The van der Waals surface area contributed by atoms with Gasteiger partial charge in [0.1, 0.15) is 11.8 Å². The fourth-order valence-corrected chi connectivity index (χ4v) is 1.82. The van der Waals surface area contributed by atoms with Crippen LogP contribution in [0.5, 0.6) is 0 Å². The van der Waals surface area contributed by atoms with Crippen LogP contribution in [0.3, 0.4) is 0 Å². The van der Waals surface area contributed by atoms with Crippen molar-refractivity contribution in [3.8, 4) is 0 Å². The van der Waals surface area contributed by atoms with Crippen LogP contribution in [0.25, 0.3) is 0 Å². The average molecular weight is 255 g/mol. The van der Waals surface area contributed by atoms with E-state index >= 15 is 0 Å². The molecule has 0 aromatic rings. The molecule has 0 saturated heterocycles. The molecule has 0 aliphatic heterocycles. The van der Waals surface area contributed by atoms with Gasteiger partial charge < -0.3 is 10.5 Å². The Morgan fingerprint density at radius 2 is 1.72 bits per heavy atom. The molecule has 2 N–H and O–H groups in total. The van der Waals surface area contributed by atoms with Crippen molar-refractivity contribution in [2.75, 3.05) is 0 Å². The third kappa shape index (κ3) is 6.80. The molecule has 0 aromatic heterocycles. The number of carbonyl (C=O) groups excluding carboxylic acids is 1. The lowest BCUT2D eigenvalue weighted by atomic mass is 9.92. The summed E-state index contributed by atoms with van der Waals surface area (Å²) in [5, 5.41) is 0. The van der Waals surface area contributed by atoms with Gasteiger partial charge in [-0.15, -0.1) is 0 Å². The molecule has 2 atom stereocenters. The van der Waals surface area contributed by atoms with Crippen molar-refractivity contribution >= 4 is 5.78 Å². The number of nitrogens with two attached hydrogens (primary N) is 1. The summed E-state index contributed by atoms with van der Waals surface area (Å²) in [4.78, 5) is 12.1. The van der Waals surface area contributed by atoms with Crippen molar-refractivity contribution in [1.82, 2.24) is 0 Å². The largest absolute Gasteiger partial charge is 0.494 e. The van der Waals surface area contributed by atoms with E-state index < -0.39 is 6.04 Å². The summed E-state index contributed by atoms with van der Waals surface area (Å²) in [7, 11) is 0. The van der Waals surface area contributed by atoms with E-state index in [1.165, 1.54) is 0 Å². The van der Waals surface area contributed by atoms with E-state index in [0.29, 0.717) is 11.7 Å². The summed E-state index contributed by atoms with van der Waals surface area (Å²) in [6.07, 6.45) is 3.11. The lowest BCUT2D eigenvalue weighted by molar-refractivity contribution is -0.124. The monoisotopic (exact) mass is 255 g/mol. The van der Waals surface area contributed by atoms with Crippen LogP contribution in [0.4, 0.5) is 0 Å². The van der Waals surface area contributed by atoms with Crippen LogP contribution in [-0.4, -0.2) is 17.9 Å². The Morgan fingerprint density at radius 3 is 2.17 bits per heavy atom. The summed E-state index contributed by atoms with van der Waals surface area (Å²) in [6.45, 7) is 13.9. The van der Waals surface area contributed by atoms with E-state index in [-0.39, 0.29) is 17.8 Å². The van der Waals surface area contributed by atoms with Crippen molar-refractivity contribution in [2.24, 2.45) is 17.6 Å². The van der Waals surface area contributed by atoms with Gasteiger partial charge in [-0.25, -0.2) is 0 Å². The highest BCUT2D eigenvalue weighted by Crippen LogP contribution is 2.16. The Kier molecular flexibility index (Phi) is 7.92. The fourth-order valence-electron chi connectivity index (χ4n) is 1.82. The first-order valence-corrected chi connectivity index (χ1v) is 6.90. The highest BCUT2D eigenvalue weighted by atomic mass is 16.5. The Morgan fingerprint density at radius 1 is 1.17 bits per heavy atom. The predicted molar refractivity (Wildman–Crippen MR) is 76.2 cm³/mol. The molecular formula is C15H29NO2. The SMILES string of the molecule is C=C(OC(C)C)[C@H](N)C(=O)C(C)CCCC(C)C. The van der Waals surface area contributed by atoms with Crippen molar-refractivity contribution in [3.05, 3.63) is 12.3 Å². The molecule has 1 unspecified atom stereocenters. The van der Waals surface area contributed by atoms with Crippen LogP contribution < -0.4 is 5.73 Å². The molecule has 3 nitrogen and oxygen atoms in total. The molecule has 0 aliphatic carbocycles. The van der Waals surface area contributed by atoms with Gasteiger partial charge in [0, 0.05) is 5.92 Å². The Hall–Kier alpha value is -0.830. The number of carbonyl (C=O) groups is 1. The molecule has 0 amide bonds. The smallest absolute Gasteiger partial charge is 0.160 e. The third-order valence-corrected chi connectivity index (χ3v) is 2.94. The van der Waals surface area contributed by atoms with E-state index in [1.807, 2.05) is 20.8 Å². The summed E-state index contributed by atoms with van der Waals surface area (Å²) >= 11 is 0.